The fraction of sp³-hybridized carbons (Fsp3) is 0.600. The van der Waals surface area contributed by atoms with Crippen LogP contribution >= 0.6 is 0 Å². The fourth-order valence-corrected chi connectivity index (χ4v) is 3.42. The van der Waals surface area contributed by atoms with E-state index < -0.39 is 15.6 Å². The lowest BCUT2D eigenvalue weighted by molar-refractivity contribution is 0.138. The van der Waals surface area contributed by atoms with Crippen LogP contribution in [-0.2, 0) is 16.6 Å². The lowest BCUT2D eigenvalue weighted by Crippen LogP contribution is -2.47. The third kappa shape index (κ3) is 3.83. The second kappa shape index (κ2) is 6.04. The Labute approximate surface area is 127 Å². The number of aliphatic hydroxyl groups excluding tert-OH is 1. The van der Waals surface area contributed by atoms with Gasteiger partial charge >= 0.3 is 0 Å². The minimum Gasteiger partial charge on any atom is -0.394 e. The van der Waals surface area contributed by atoms with Gasteiger partial charge in [0.2, 0.25) is 10.0 Å². The molecule has 0 radical (unpaired) electrons. The summed E-state index contributed by atoms with van der Waals surface area (Å²) in [6, 6.07) is 7.56. The Balaban J connectivity index is 2.12. The predicted octanol–water partition coefficient (Wildman–Crippen LogP) is 1.33. The summed E-state index contributed by atoms with van der Waals surface area (Å²) < 4.78 is 26.3. The van der Waals surface area contributed by atoms with Crippen molar-refractivity contribution in [3.05, 3.63) is 29.8 Å². The standard InChI is InChI=1S/C15H24N2O3S/c1-15(2,11-18)17(3)21(19,20)14-8-4-12(5-9-14)10-16-13-6-7-13/h4-5,8-9,13,16,18H,6-7,10-11H2,1-3H3. The first-order valence-electron chi connectivity index (χ1n) is 7.19. The molecule has 0 unspecified atom stereocenters. The van der Waals surface area contributed by atoms with Crippen molar-refractivity contribution in [2.75, 3.05) is 13.7 Å². The van der Waals surface area contributed by atoms with E-state index >= 15 is 0 Å². The van der Waals surface area contributed by atoms with Gasteiger partial charge in [0.05, 0.1) is 17.0 Å². The molecule has 0 aromatic heterocycles. The van der Waals surface area contributed by atoms with Crippen LogP contribution in [0.25, 0.3) is 0 Å². The molecule has 2 rings (SSSR count). The van der Waals surface area contributed by atoms with Crippen LogP contribution in [0, 0.1) is 0 Å². The smallest absolute Gasteiger partial charge is 0.243 e. The number of benzene rings is 1. The maximum Gasteiger partial charge on any atom is 0.243 e. The highest BCUT2D eigenvalue weighted by atomic mass is 32.2. The highest BCUT2D eigenvalue weighted by molar-refractivity contribution is 7.89. The largest absolute Gasteiger partial charge is 0.394 e. The van der Waals surface area contributed by atoms with E-state index in [0.717, 1.165) is 12.1 Å². The lowest BCUT2D eigenvalue weighted by atomic mass is 10.1. The van der Waals surface area contributed by atoms with Crippen LogP contribution in [0.1, 0.15) is 32.3 Å². The molecule has 0 saturated heterocycles. The number of hydrogen-bond acceptors (Lipinski definition) is 4. The number of likely N-dealkylation sites (N-methyl/N-ethyl adjacent to an activating group) is 1. The number of nitrogens with zero attached hydrogens (tertiary/aromatic N) is 1. The number of nitrogens with one attached hydrogen (secondary N) is 1. The van der Waals surface area contributed by atoms with Crippen LogP contribution in [0.3, 0.4) is 0 Å². The summed E-state index contributed by atoms with van der Waals surface area (Å²) in [5, 5.41) is 12.7. The molecule has 0 atom stereocenters. The summed E-state index contributed by atoms with van der Waals surface area (Å²) in [7, 11) is -2.10. The Morgan fingerprint density at radius 2 is 1.86 bits per heavy atom. The number of aliphatic hydroxyl groups is 1. The molecule has 1 aliphatic carbocycles. The first-order valence-corrected chi connectivity index (χ1v) is 8.63. The zero-order valence-electron chi connectivity index (χ0n) is 12.8. The summed E-state index contributed by atoms with van der Waals surface area (Å²) in [6.45, 7) is 3.92. The molecule has 21 heavy (non-hydrogen) atoms. The first-order chi connectivity index (χ1) is 9.77. The van der Waals surface area contributed by atoms with Crippen LogP contribution in [0.4, 0.5) is 0 Å². The van der Waals surface area contributed by atoms with Gasteiger partial charge in [-0.25, -0.2) is 8.42 Å². The van der Waals surface area contributed by atoms with Crippen LogP contribution in [0.5, 0.6) is 0 Å². The van der Waals surface area contributed by atoms with Gasteiger partial charge in [0.15, 0.2) is 0 Å². The maximum absolute atomic E-state index is 12.5. The van der Waals surface area contributed by atoms with Crippen molar-refractivity contribution in [3.63, 3.8) is 0 Å². The van der Waals surface area contributed by atoms with Crippen molar-refractivity contribution in [1.29, 1.82) is 0 Å². The Bertz CT molecular complexity index is 577. The topological polar surface area (TPSA) is 69.6 Å². The predicted molar refractivity (Wildman–Crippen MR) is 82.4 cm³/mol. The van der Waals surface area contributed by atoms with Gasteiger partial charge < -0.3 is 10.4 Å². The van der Waals surface area contributed by atoms with E-state index in [0.29, 0.717) is 6.04 Å². The Morgan fingerprint density at radius 1 is 1.29 bits per heavy atom. The number of rotatable bonds is 7. The molecule has 0 bridgehead atoms. The van der Waals surface area contributed by atoms with Crippen LogP contribution < -0.4 is 5.32 Å². The minimum absolute atomic E-state index is 0.230. The van der Waals surface area contributed by atoms with Crippen molar-refractivity contribution in [2.45, 2.75) is 49.7 Å². The normalized spacial score (nSPS) is 16.4. The van der Waals surface area contributed by atoms with Crippen molar-refractivity contribution in [2.24, 2.45) is 0 Å². The molecule has 1 aromatic carbocycles. The maximum atomic E-state index is 12.5. The van der Waals surface area contributed by atoms with Crippen molar-refractivity contribution < 1.29 is 13.5 Å². The van der Waals surface area contributed by atoms with Crippen LogP contribution in [0.15, 0.2) is 29.2 Å². The average molecular weight is 312 g/mol. The van der Waals surface area contributed by atoms with Gasteiger partial charge in [0.25, 0.3) is 0 Å². The van der Waals surface area contributed by atoms with E-state index in [1.54, 1.807) is 26.0 Å². The number of sulfonamides is 1. The van der Waals surface area contributed by atoms with Gasteiger partial charge in [0.1, 0.15) is 0 Å². The molecule has 0 spiro atoms. The van der Waals surface area contributed by atoms with Gasteiger partial charge in [0, 0.05) is 19.6 Å². The van der Waals surface area contributed by atoms with E-state index in [-0.39, 0.29) is 11.5 Å². The summed E-state index contributed by atoms with van der Waals surface area (Å²) in [6.07, 6.45) is 2.46. The molecule has 5 nitrogen and oxygen atoms in total. The van der Waals surface area contributed by atoms with Crippen LogP contribution in [-0.4, -0.2) is 43.1 Å². The highest BCUT2D eigenvalue weighted by Gasteiger charge is 2.33. The molecule has 0 amide bonds. The molecular formula is C15H24N2O3S. The Hall–Kier alpha value is -0.950. The monoisotopic (exact) mass is 312 g/mol. The molecule has 118 valence electrons. The molecule has 1 saturated carbocycles. The van der Waals surface area contributed by atoms with E-state index in [1.165, 1.54) is 24.2 Å². The molecule has 1 aromatic rings. The lowest BCUT2D eigenvalue weighted by Gasteiger charge is -2.32. The van der Waals surface area contributed by atoms with Gasteiger partial charge in [-0.15, -0.1) is 0 Å². The Morgan fingerprint density at radius 3 is 2.33 bits per heavy atom. The third-order valence-corrected chi connectivity index (χ3v) is 6.08. The Kier molecular flexibility index (Phi) is 4.72. The third-order valence-electron chi connectivity index (χ3n) is 3.99. The second-order valence-corrected chi connectivity index (χ2v) is 8.21. The molecule has 1 fully saturated rings. The van der Waals surface area contributed by atoms with E-state index in [9.17, 15) is 13.5 Å². The minimum atomic E-state index is -3.59. The summed E-state index contributed by atoms with van der Waals surface area (Å²) in [4.78, 5) is 0.252. The number of hydrogen-bond donors (Lipinski definition) is 2. The SMILES string of the molecule is CN(C(C)(C)CO)S(=O)(=O)c1ccc(CNC2CC2)cc1. The van der Waals surface area contributed by atoms with Gasteiger partial charge in [-0.1, -0.05) is 12.1 Å². The molecule has 6 heteroatoms. The van der Waals surface area contributed by atoms with E-state index in [4.69, 9.17) is 0 Å². The van der Waals surface area contributed by atoms with Gasteiger partial charge in [-0.3, -0.25) is 0 Å². The van der Waals surface area contributed by atoms with Crippen LogP contribution in [0.2, 0.25) is 0 Å². The zero-order chi connectivity index (χ0) is 15.7. The van der Waals surface area contributed by atoms with Gasteiger partial charge in [-0.2, -0.15) is 4.31 Å². The quantitative estimate of drug-likeness (QED) is 0.797. The molecule has 0 heterocycles. The second-order valence-electron chi connectivity index (χ2n) is 6.24. The average Bonchev–Trinajstić information content (AvgIpc) is 3.29. The molecule has 0 aliphatic heterocycles. The summed E-state index contributed by atoms with van der Waals surface area (Å²) >= 11 is 0. The van der Waals surface area contributed by atoms with Crippen molar-refractivity contribution in [1.82, 2.24) is 9.62 Å². The van der Waals surface area contributed by atoms with E-state index in [1.807, 2.05) is 12.1 Å². The van der Waals surface area contributed by atoms with E-state index in [2.05, 4.69) is 5.32 Å². The molecular weight excluding hydrogens is 288 g/mol. The highest BCUT2D eigenvalue weighted by Crippen LogP contribution is 2.23. The zero-order valence-corrected chi connectivity index (χ0v) is 13.7. The van der Waals surface area contributed by atoms with Gasteiger partial charge in [-0.05, 0) is 44.4 Å². The van der Waals surface area contributed by atoms with Crippen molar-refractivity contribution >= 4 is 10.0 Å². The molecule has 2 N–H and O–H groups in total. The fourth-order valence-electron chi connectivity index (χ4n) is 1.91. The molecule has 1 aliphatic rings. The summed E-state index contributed by atoms with van der Waals surface area (Å²) in [5.74, 6) is 0. The first kappa shape index (κ1) is 16.4. The summed E-state index contributed by atoms with van der Waals surface area (Å²) in [5.41, 5.74) is 0.246. The van der Waals surface area contributed by atoms with Crippen molar-refractivity contribution in [3.8, 4) is 0 Å².